The third-order valence-corrected chi connectivity index (χ3v) is 6.76. The Morgan fingerprint density at radius 3 is 2.27 bits per heavy atom. The van der Waals surface area contributed by atoms with Crippen LogP contribution in [0.15, 0.2) is 40.9 Å². The van der Waals surface area contributed by atoms with Gasteiger partial charge in [-0.05, 0) is 59.1 Å². The number of carbonyl (C=O) groups is 1. The Hall–Kier alpha value is -3.08. The first-order chi connectivity index (χ1) is 14.2. The minimum Gasteiger partial charge on any atom is -0.488 e. The van der Waals surface area contributed by atoms with E-state index in [1.807, 2.05) is 0 Å². The predicted octanol–water partition coefficient (Wildman–Crippen LogP) is 5.95. The summed E-state index contributed by atoms with van der Waals surface area (Å²) in [6.45, 7) is 9.59. The maximum absolute atomic E-state index is 11.1. The fourth-order valence-electron chi connectivity index (χ4n) is 4.69. The highest BCUT2D eigenvalue weighted by Crippen LogP contribution is 2.51. The molecule has 1 N–H and O–H groups in total. The van der Waals surface area contributed by atoms with Crippen molar-refractivity contribution in [2.45, 2.75) is 58.0 Å². The molecule has 0 saturated carbocycles. The van der Waals surface area contributed by atoms with E-state index in [1.165, 1.54) is 11.1 Å². The molecule has 0 radical (unpaired) electrons. The number of aromatic nitrogens is 1. The third-order valence-electron chi connectivity index (χ3n) is 6.76. The molecule has 30 heavy (non-hydrogen) atoms. The van der Waals surface area contributed by atoms with E-state index in [-0.39, 0.29) is 16.4 Å². The molecule has 0 fully saturated rings. The number of rotatable bonds is 2. The fraction of sp³-hybridized carbons (Fsp3) is 0.360. The largest absolute Gasteiger partial charge is 0.488 e. The molecule has 0 amide bonds. The summed E-state index contributed by atoms with van der Waals surface area (Å²) in [5.74, 6) is 0.534. The molecule has 0 bridgehead atoms. The van der Waals surface area contributed by atoms with Gasteiger partial charge >= 0.3 is 5.97 Å². The van der Waals surface area contributed by atoms with E-state index in [4.69, 9.17) is 14.4 Å². The summed E-state index contributed by atoms with van der Waals surface area (Å²) in [6, 6.07) is 11.1. The molecule has 5 rings (SSSR count). The second kappa shape index (κ2) is 6.21. The maximum Gasteiger partial charge on any atom is 0.335 e. The molecule has 3 aromatic rings. The van der Waals surface area contributed by atoms with E-state index in [9.17, 15) is 4.79 Å². The van der Waals surface area contributed by atoms with E-state index >= 15 is 0 Å². The summed E-state index contributed by atoms with van der Waals surface area (Å²) in [5, 5.41) is 13.5. The van der Waals surface area contributed by atoms with Crippen LogP contribution >= 0.6 is 0 Å². The lowest BCUT2D eigenvalue weighted by Gasteiger charge is -2.42. The number of aromatic carboxylic acids is 1. The van der Waals surface area contributed by atoms with Gasteiger partial charge in [-0.25, -0.2) is 4.79 Å². The first kappa shape index (κ1) is 18.9. The lowest BCUT2D eigenvalue weighted by atomic mass is 9.62. The van der Waals surface area contributed by atoms with Crippen LogP contribution < -0.4 is 4.74 Å². The molecule has 0 atom stereocenters. The van der Waals surface area contributed by atoms with Crippen molar-refractivity contribution in [3.63, 3.8) is 0 Å². The van der Waals surface area contributed by atoms with Crippen LogP contribution in [0, 0.1) is 0 Å². The Bertz CT molecular complexity index is 1170. The zero-order valence-corrected chi connectivity index (χ0v) is 17.7. The monoisotopic (exact) mass is 403 g/mol. The van der Waals surface area contributed by atoms with Gasteiger partial charge in [0.2, 0.25) is 0 Å². The molecule has 0 saturated heterocycles. The lowest BCUT2D eigenvalue weighted by molar-refractivity contribution is 0.0697. The Labute approximate surface area is 175 Å². The second-order valence-electron chi connectivity index (χ2n) is 9.67. The molecule has 0 spiro atoms. The number of benzene rings is 2. The predicted molar refractivity (Wildman–Crippen MR) is 114 cm³/mol. The van der Waals surface area contributed by atoms with Gasteiger partial charge in [0, 0.05) is 11.1 Å². The van der Waals surface area contributed by atoms with Crippen molar-refractivity contribution in [2.75, 3.05) is 0 Å². The minimum absolute atomic E-state index is 0.0940. The summed E-state index contributed by atoms with van der Waals surface area (Å²) in [5.41, 5.74) is 6.64. The fourth-order valence-corrected chi connectivity index (χ4v) is 4.69. The van der Waals surface area contributed by atoms with E-state index < -0.39 is 5.97 Å². The molecule has 154 valence electrons. The smallest absolute Gasteiger partial charge is 0.335 e. The van der Waals surface area contributed by atoms with Crippen molar-refractivity contribution in [3.8, 4) is 28.3 Å². The van der Waals surface area contributed by atoms with Gasteiger partial charge in [0.05, 0.1) is 11.1 Å². The molecule has 1 aromatic heterocycles. The maximum atomic E-state index is 11.1. The topological polar surface area (TPSA) is 72.6 Å². The first-order valence-electron chi connectivity index (χ1n) is 10.3. The number of nitrogens with zero attached hydrogens (tertiary/aromatic N) is 1. The number of ether oxygens (including phenoxy) is 1. The average Bonchev–Trinajstić information content (AvgIpc) is 3.15. The molecule has 1 aliphatic heterocycles. The van der Waals surface area contributed by atoms with Crippen LogP contribution in [-0.2, 0) is 17.4 Å². The van der Waals surface area contributed by atoms with E-state index in [2.05, 4.69) is 45.0 Å². The zero-order valence-electron chi connectivity index (χ0n) is 17.7. The number of fused-ring (bicyclic) bond motifs is 4. The third kappa shape index (κ3) is 2.76. The summed E-state index contributed by atoms with van der Waals surface area (Å²) in [6.07, 6.45) is 2.29. The Balaban J connectivity index is 1.63. The quantitative estimate of drug-likeness (QED) is 0.572. The number of carboxylic acids is 1. The zero-order chi connectivity index (χ0) is 21.3. The molecular formula is C25H25NO4. The SMILES string of the molecule is CC1(C)CCC(C)(C)c2cc3c(cc21)OCc1c-3noc1-c1ccc(C(=O)O)cc1. The Morgan fingerprint density at radius 2 is 1.63 bits per heavy atom. The highest BCUT2D eigenvalue weighted by molar-refractivity contribution is 5.88. The number of carboxylic acid groups (broad SMARTS) is 1. The molecular weight excluding hydrogens is 378 g/mol. The van der Waals surface area contributed by atoms with Crippen molar-refractivity contribution in [2.24, 2.45) is 0 Å². The molecule has 2 aliphatic rings. The molecule has 2 heterocycles. The molecule has 0 unspecified atom stereocenters. The van der Waals surface area contributed by atoms with Gasteiger partial charge < -0.3 is 14.4 Å². The van der Waals surface area contributed by atoms with Crippen LogP contribution in [0.5, 0.6) is 5.75 Å². The van der Waals surface area contributed by atoms with E-state index in [1.54, 1.807) is 24.3 Å². The highest BCUT2D eigenvalue weighted by atomic mass is 16.5. The minimum atomic E-state index is -0.950. The average molecular weight is 403 g/mol. The van der Waals surface area contributed by atoms with Gasteiger partial charge in [0.25, 0.3) is 0 Å². The first-order valence-corrected chi connectivity index (χ1v) is 10.3. The number of hydrogen-bond acceptors (Lipinski definition) is 4. The number of hydrogen-bond donors (Lipinski definition) is 1. The van der Waals surface area contributed by atoms with Crippen LogP contribution in [0.25, 0.3) is 22.6 Å². The molecule has 5 nitrogen and oxygen atoms in total. The molecule has 2 aromatic carbocycles. The highest BCUT2D eigenvalue weighted by Gasteiger charge is 2.39. The summed E-state index contributed by atoms with van der Waals surface area (Å²) < 4.78 is 11.9. The van der Waals surface area contributed by atoms with Crippen LogP contribution in [0.3, 0.4) is 0 Å². The Morgan fingerprint density at radius 1 is 1.00 bits per heavy atom. The summed E-state index contributed by atoms with van der Waals surface area (Å²) in [7, 11) is 0. The van der Waals surface area contributed by atoms with Gasteiger partial charge in [-0.1, -0.05) is 45.0 Å². The van der Waals surface area contributed by atoms with E-state index in [0.717, 1.165) is 41.0 Å². The molecule has 5 heteroatoms. The van der Waals surface area contributed by atoms with Gasteiger partial charge in [-0.3, -0.25) is 0 Å². The van der Waals surface area contributed by atoms with Gasteiger partial charge in [0.15, 0.2) is 5.76 Å². The van der Waals surface area contributed by atoms with Gasteiger partial charge in [0.1, 0.15) is 18.1 Å². The lowest BCUT2D eigenvalue weighted by Crippen LogP contribution is -2.34. The van der Waals surface area contributed by atoms with Crippen molar-refractivity contribution >= 4 is 5.97 Å². The van der Waals surface area contributed by atoms with E-state index in [0.29, 0.717) is 12.4 Å². The van der Waals surface area contributed by atoms with Crippen molar-refractivity contribution in [1.29, 1.82) is 0 Å². The second-order valence-corrected chi connectivity index (χ2v) is 9.67. The van der Waals surface area contributed by atoms with Crippen LogP contribution in [0.2, 0.25) is 0 Å². The Kier molecular flexibility index (Phi) is 3.91. The van der Waals surface area contributed by atoms with Gasteiger partial charge in [-0.15, -0.1) is 0 Å². The van der Waals surface area contributed by atoms with Crippen LogP contribution in [0.1, 0.15) is 67.6 Å². The van der Waals surface area contributed by atoms with Crippen molar-refractivity contribution in [1.82, 2.24) is 5.16 Å². The molecule has 1 aliphatic carbocycles. The van der Waals surface area contributed by atoms with Crippen LogP contribution in [0.4, 0.5) is 0 Å². The summed E-state index contributed by atoms with van der Waals surface area (Å²) in [4.78, 5) is 11.1. The normalized spacial score (nSPS) is 18.0. The van der Waals surface area contributed by atoms with Crippen molar-refractivity contribution < 1.29 is 19.2 Å². The summed E-state index contributed by atoms with van der Waals surface area (Å²) >= 11 is 0. The van der Waals surface area contributed by atoms with Crippen LogP contribution in [-0.4, -0.2) is 16.2 Å². The van der Waals surface area contributed by atoms with Gasteiger partial charge in [-0.2, -0.15) is 0 Å². The van der Waals surface area contributed by atoms with Crippen molar-refractivity contribution in [3.05, 3.63) is 58.7 Å². The standard InChI is InChI=1S/C25H25NO4/c1-24(2)9-10-25(3,4)19-12-20-16(11-18(19)24)21-17(13-29-20)22(30-26-21)14-5-7-15(8-6-14)23(27)28/h5-8,11-12H,9-10,13H2,1-4H3,(H,27,28).